The molecule has 0 aromatic heterocycles. The molecule has 0 aliphatic heterocycles. The van der Waals surface area contributed by atoms with Crippen LogP contribution >= 0.6 is 0 Å². The van der Waals surface area contributed by atoms with Crippen LogP contribution in [0.4, 0.5) is 0 Å². The second kappa shape index (κ2) is 36.6. The second-order valence-electron chi connectivity index (χ2n) is 29.1. The van der Waals surface area contributed by atoms with Crippen LogP contribution in [-0.2, 0) is 38.1 Å². The van der Waals surface area contributed by atoms with Gasteiger partial charge in [-0.05, 0) is 149 Å². The Morgan fingerprint density at radius 1 is 0.255 bits per heavy atom. The van der Waals surface area contributed by atoms with E-state index in [1.54, 1.807) is 0 Å². The van der Waals surface area contributed by atoms with E-state index in [-0.39, 0.29) is 47.5 Å². The van der Waals surface area contributed by atoms with Gasteiger partial charge in [0.25, 0.3) is 0 Å². The van der Waals surface area contributed by atoms with Crippen molar-refractivity contribution in [3.8, 4) is 44.5 Å². The smallest absolute Gasteiger partial charge is 0.318 e. The number of hydrogen-bond acceptors (Lipinski definition) is 8. The first kappa shape index (κ1) is 77.6. The standard InChI is InChI=1S/C25H34NO2.C24H32NO2.C22H28NO2.C19H22NO2/c1-4-7-17-26(6-3,16-5-2)18-19-28-25(27)24-22-14-10-8-12-20(22)21-13-9-11-15-23(21)24;1-4-15-25(6-3,16-5-2)17-18-27-24(26)23-21-13-9-7-11-19(21)20-12-8-10-14-22(20)23;1-4-23(5-2,6-3)15-16-25-22(24)21-19-13-9-7-11-17(19)18-12-8-10-14-20(18)21;1-20(2,3)12-13-22-19(21)18-16-10-6-4-8-14(16)15-9-5-7-11-17(15)18/h8-15,24H,4-7,16-19H2,1-3H3;7-14,23H,4-6,15-18H2,1-3H3;7-14,21H,4-6,15-16H2,1-3H3;4-11,18H,12-13H2,1-3H3/q4*+1. The van der Waals surface area contributed by atoms with Gasteiger partial charge in [0.2, 0.25) is 0 Å². The summed E-state index contributed by atoms with van der Waals surface area (Å²) in [4.78, 5) is 51.6. The number of rotatable bonds is 30. The van der Waals surface area contributed by atoms with Crippen molar-refractivity contribution in [2.75, 3.05) is 133 Å². The van der Waals surface area contributed by atoms with Gasteiger partial charge in [-0.2, -0.15) is 0 Å². The van der Waals surface area contributed by atoms with Crippen molar-refractivity contribution in [3.05, 3.63) is 239 Å². The first-order valence-electron chi connectivity index (χ1n) is 38.2. The molecule has 0 radical (unpaired) electrons. The number of hydrogen-bond donors (Lipinski definition) is 0. The number of carbonyl (C=O) groups excluding carboxylic acids is 4. The van der Waals surface area contributed by atoms with Gasteiger partial charge in [0.15, 0.2) is 0 Å². The topological polar surface area (TPSA) is 105 Å². The molecule has 0 saturated carbocycles. The summed E-state index contributed by atoms with van der Waals surface area (Å²) in [6, 6.07) is 65.4. The zero-order valence-corrected chi connectivity index (χ0v) is 63.4. The highest BCUT2D eigenvalue weighted by molar-refractivity contribution is 5.96. The molecule has 1 unspecified atom stereocenters. The Balaban J connectivity index is 0.000000159. The van der Waals surface area contributed by atoms with Gasteiger partial charge in [-0.3, -0.25) is 19.2 Å². The van der Waals surface area contributed by atoms with Gasteiger partial charge in [-0.25, -0.2) is 0 Å². The van der Waals surface area contributed by atoms with E-state index in [0.29, 0.717) is 26.4 Å². The monoisotopic (exact) mass is 1380 g/mol. The van der Waals surface area contributed by atoms with Crippen molar-refractivity contribution in [2.24, 2.45) is 0 Å². The largest absolute Gasteiger partial charge is 0.459 e. The van der Waals surface area contributed by atoms with E-state index in [2.05, 4.69) is 156 Å². The molecule has 0 amide bonds. The van der Waals surface area contributed by atoms with E-state index in [1.165, 1.54) is 19.4 Å². The van der Waals surface area contributed by atoms with Crippen LogP contribution in [0.3, 0.4) is 0 Å². The minimum Gasteiger partial charge on any atom is -0.459 e. The highest BCUT2D eigenvalue weighted by Crippen LogP contribution is 2.49. The maximum atomic E-state index is 13.1. The lowest BCUT2D eigenvalue weighted by Gasteiger charge is -2.37. The van der Waals surface area contributed by atoms with Gasteiger partial charge in [-0.15, -0.1) is 0 Å². The maximum Gasteiger partial charge on any atom is 0.318 e. The van der Waals surface area contributed by atoms with Crippen molar-refractivity contribution in [3.63, 3.8) is 0 Å². The average molecular weight is 1380 g/mol. The number of benzene rings is 8. The molecule has 0 N–H and O–H groups in total. The molecule has 12 rings (SSSR count). The number of quaternary nitrogens is 4. The Bertz CT molecular complexity index is 3880. The maximum absolute atomic E-state index is 13.1. The average Bonchev–Trinajstić information content (AvgIpc) is 1.63. The number of esters is 4. The van der Waals surface area contributed by atoms with Gasteiger partial charge < -0.3 is 36.9 Å². The van der Waals surface area contributed by atoms with Crippen LogP contribution in [0, 0.1) is 0 Å². The SMILES string of the molecule is CCCC[N+](CC)(CCC)CCOC(=O)C1c2ccccc2-c2ccccc21.CCC[N+](CC)(CCC)CCOC(=O)C1c2ccccc2-c2ccccc21.CC[N+](CC)(CC)CCOC(=O)C1c2ccccc2-c2ccccc21.C[N+](C)(C)CCOC(=O)C1c2ccccc2-c2ccccc21. The molecule has 1 atom stereocenters. The van der Waals surface area contributed by atoms with Crippen molar-refractivity contribution in [2.45, 2.75) is 118 Å². The number of likely N-dealkylation sites (N-methyl/N-ethyl adjacent to an activating group) is 4. The Kier molecular flexibility index (Phi) is 27.8. The zero-order chi connectivity index (χ0) is 72.9. The summed E-state index contributed by atoms with van der Waals surface area (Å²) in [5, 5.41) is 0. The van der Waals surface area contributed by atoms with Gasteiger partial charge in [0, 0.05) is 0 Å². The Morgan fingerprint density at radius 2 is 0.451 bits per heavy atom. The molecule has 0 heterocycles. The van der Waals surface area contributed by atoms with Gasteiger partial charge in [0.1, 0.15) is 76.3 Å². The van der Waals surface area contributed by atoms with Crippen LogP contribution in [-0.4, -0.2) is 174 Å². The number of ether oxygens (including phenoxy) is 4. The molecule has 4 aliphatic carbocycles. The highest BCUT2D eigenvalue weighted by Gasteiger charge is 2.40. The minimum atomic E-state index is -0.294. The van der Waals surface area contributed by atoms with Crippen molar-refractivity contribution >= 4 is 23.9 Å². The molecule has 4 aliphatic rings. The molecular formula is C90H116N4O8+4. The van der Waals surface area contributed by atoms with Crippen molar-refractivity contribution in [1.82, 2.24) is 0 Å². The summed E-state index contributed by atoms with van der Waals surface area (Å²) < 4.78 is 26.9. The molecule has 0 fully saturated rings. The number of nitrogens with zero attached hydrogens (tertiary/aromatic N) is 4. The van der Waals surface area contributed by atoms with Crippen LogP contribution < -0.4 is 0 Å². The third kappa shape index (κ3) is 18.1. The van der Waals surface area contributed by atoms with E-state index < -0.39 is 0 Å². The summed E-state index contributed by atoms with van der Waals surface area (Å²) in [6.07, 6.45) is 5.91. The van der Waals surface area contributed by atoms with Gasteiger partial charge >= 0.3 is 23.9 Å². The quantitative estimate of drug-likeness (QED) is 0.0249. The van der Waals surface area contributed by atoms with Crippen LogP contribution in [0.25, 0.3) is 44.5 Å². The minimum absolute atomic E-state index is 0.112. The van der Waals surface area contributed by atoms with E-state index in [9.17, 15) is 19.2 Å². The molecule has 12 nitrogen and oxygen atoms in total. The summed E-state index contributed by atoms with van der Waals surface area (Å²) >= 11 is 0. The summed E-state index contributed by atoms with van der Waals surface area (Å²) in [6.45, 7) is 35.5. The third-order valence-corrected chi connectivity index (χ3v) is 22.1. The molecule has 102 heavy (non-hydrogen) atoms. The van der Waals surface area contributed by atoms with Crippen molar-refractivity contribution < 1.29 is 56.1 Å². The van der Waals surface area contributed by atoms with Crippen molar-refractivity contribution in [1.29, 1.82) is 0 Å². The van der Waals surface area contributed by atoms with E-state index >= 15 is 0 Å². The molecule has 0 saturated heterocycles. The molecule has 540 valence electrons. The van der Waals surface area contributed by atoms with Crippen LogP contribution in [0.15, 0.2) is 194 Å². The molecular weight excluding hydrogens is 1270 g/mol. The summed E-state index contributed by atoms with van der Waals surface area (Å²) in [5.74, 6) is -1.67. The molecule has 8 aromatic carbocycles. The second-order valence-corrected chi connectivity index (χ2v) is 29.1. The number of unbranched alkanes of at least 4 members (excludes halogenated alkanes) is 1. The molecule has 0 bridgehead atoms. The highest BCUT2D eigenvalue weighted by atomic mass is 16.5. The molecule has 0 spiro atoms. The lowest BCUT2D eigenvalue weighted by Crippen LogP contribution is -2.51. The fraction of sp³-hybridized carbons (Fsp3) is 0.422. The van der Waals surface area contributed by atoms with E-state index in [0.717, 1.165) is 205 Å². The van der Waals surface area contributed by atoms with E-state index in [4.69, 9.17) is 18.9 Å². The Hall–Kier alpha value is -8.52. The number of fused-ring (bicyclic) bond motifs is 12. The van der Waals surface area contributed by atoms with Gasteiger partial charge in [0.05, 0.1) is 80.0 Å². The first-order chi connectivity index (χ1) is 49.4. The zero-order valence-electron chi connectivity index (χ0n) is 63.4. The predicted octanol–water partition coefficient (Wildman–Crippen LogP) is 17.7. The Morgan fingerprint density at radius 3 is 0.647 bits per heavy atom. The van der Waals surface area contributed by atoms with Crippen LogP contribution in [0.2, 0.25) is 0 Å². The summed E-state index contributed by atoms with van der Waals surface area (Å²) in [5.41, 5.74) is 17.8. The normalized spacial score (nSPS) is 13.8. The number of carbonyl (C=O) groups is 4. The molecule has 12 heteroatoms. The molecule has 8 aromatic rings. The fourth-order valence-corrected chi connectivity index (χ4v) is 16.1. The third-order valence-electron chi connectivity index (χ3n) is 22.1. The predicted molar refractivity (Wildman–Crippen MR) is 415 cm³/mol. The summed E-state index contributed by atoms with van der Waals surface area (Å²) in [7, 11) is 6.27. The first-order valence-corrected chi connectivity index (χ1v) is 38.2. The Labute approximate surface area is 610 Å². The fourth-order valence-electron chi connectivity index (χ4n) is 16.1. The van der Waals surface area contributed by atoms with E-state index in [1.807, 2.05) is 121 Å². The lowest BCUT2D eigenvalue weighted by atomic mass is 9.97. The lowest BCUT2D eigenvalue weighted by molar-refractivity contribution is -0.927. The van der Waals surface area contributed by atoms with Crippen LogP contribution in [0.1, 0.15) is 163 Å². The van der Waals surface area contributed by atoms with Crippen LogP contribution in [0.5, 0.6) is 0 Å². The van der Waals surface area contributed by atoms with Gasteiger partial charge in [-0.1, -0.05) is 228 Å².